The summed E-state index contributed by atoms with van der Waals surface area (Å²) in [6.45, 7) is 2.91. The van der Waals surface area contributed by atoms with E-state index in [-0.39, 0.29) is 0 Å². The van der Waals surface area contributed by atoms with Crippen molar-refractivity contribution in [3.63, 3.8) is 0 Å². The zero-order valence-corrected chi connectivity index (χ0v) is 15.8. The Kier molecular flexibility index (Phi) is 6.26. The molecule has 0 unspecified atom stereocenters. The lowest BCUT2D eigenvalue weighted by molar-refractivity contribution is 0.331. The Morgan fingerprint density at radius 3 is 2.50 bits per heavy atom. The lowest BCUT2D eigenvalue weighted by atomic mass is 10.2. The van der Waals surface area contributed by atoms with Crippen LogP contribution in [0.25, 0.3) is 0 Å². The molecule has 3 aromatic rings. The van der Waals surface area contributed by atoms with Gasteiger partial charge in [0.2, 0.25) is 0 Å². The van der Waals surface area contributed by atoms with Crippen molar-refractivity contribution in [2.24, 2.45) is 0 Å². The standard InChI is InChI=1S/C21H21N5O2/c1-15-24-20(23-10-11-28-19-8-6-18(27-2)7-9-19)13-21(25-15)26-17-5-3-4-16(12-17)14-22/h3-9,12-13H,10-11H2,1-2H3,(H2,23,24,25,26). The first-order valence-corrected chi connectivity index (χ1v) is 8.80. The van der Waals surface area contributed by atoms with Gasteiger partial charge < -0.3 is 20.1 Å². The molecule has 7 heteroatoms. The molecule has 2 N–H and O–H groups in total. The molecule has 0 radical (unpaired) electrons. The fourth-order valence-corrected chi connectivity index (χ4v) is 2.56. The normalized spacial score (nSPS) is 10.0. The topological polar surface area (TPSA) is 92.1 Å². The van der Waals surface area contributed by atoms with E-state index < -0.39 is 0 Å². The van der Waals surface area contributed by atoms with Gasteiger partial charge in [-0.25, -0.2) is 9.97 Å². The van der Waals surface area contributed by atoms with Crippen molar-refractivity contribution in [3.8, 4) is 17.6 Å². The van der Waals surface area contributed by atoms with Gasteiger partial charge in [0.25, 0.3) is 0 Å². The third-order valence-electron chi connectivity index (χ3n) is 3.84. The predicted octanol–water partition coefficient (Wildman–Crippen LogP) is 3.90. The molecule has 0 spiro atoms. The van der Waals surface area contributed by atoms with Crippen LogP contribution in [0.5, 0.6) is 11.5 Å². The highest BCUT2D eigenvalue weighted by Crippen LogP contribution is 2.19. The van der Waals surface area contributed by atoms with E-state index in [2.05, 4.69) is 26.7 Å². The highest BCUT2D eigenvalue weighted by Gasteiger charge is 2.04. The lowest BCUT2D eigenvalue weighted by Gasteiger charge is -2.11. The summed E-state index contributed by atoms with van der Waals surface area (Å²) in [5.74, 6) is 3.56. The van der Waals surface area contributed by atoms with Crippen LogP contribution in [0.15, 0.2) is 54.6 Å². The molecule has 0 fully saturated rings. The Bertz CT molecular complexity index is 967. The molecule has 0 amide bonds. The molecule has 0 saturated heterocycles. The number of hydrogen-bond acceptors (Lipinski definition) is 7. The van der Waals surface area contributed by atoms with E-state index in [1.54, 1.807) is 19.2 Å². The van der Waals surface area contributed by atoms with Gasteiger partial charge in [-0.1, -0.05) is 6.07 Å². The van der Waals surface area contributed by atoms with Crippen LogP contribution in [0.2, 0.25) is 0 Å². The molecular weight excluding hydrogens is 354 g/mol. The van der Waals surface area contributed by atoms with Crippen LogP contribution in [0.1, 0.15) is 11.4 Å². The molecule has 2 aromatic carbocycles. The van der Waals surface area contributed by atoms with Crippen LogP contribution in [-0.2, 0) is 0 Å². The summed E-state index contributed by atoms with van der Waals surface area (Å²) < 4.78 is 10.8. The maximum Gasteiger partial charge on any atom is 0.136 e. The lowest BCUT2D eigenvalue weighted by Crippen LogP contribution is -2.13. The average Bonchev–Trinajstić information content (AvgIpc) is 2.71. The molecule has 0 aliphatic rings. The minimum atomic E-state index is 0.488. The summed E-state index contributed by atoms with van der Waals surface area (Å²) in [4.78, 5) is 8.78. The van der Waals surface area contributed by atoms with Crippen LogP contribution in [0.3, 0.4) is 0 Å². The van der Waals surface area contributed by atoms with Gasteiger partial charge in [-0.15, -0.1) is 0 Å². The van der Waals surface area contributed by atoms with Crippen LogP contribution in [-0.4, -0.2) is 30.2 Å². The van der Waals surface area contributed by atoms with Gasteiger partial charge in [-0.2, -0.15) is 5.26 Å². The van der Waals surface area contributed by atoms with E-state index in [0.717, 1.165) is 17.2 Å². The molecule has 0 aliphatic heterocycles. The molecular formula is C21H21N5O2. The first-order chi connectivity index (χ1) is 13.7. The third kappa shape index (κ3) is 5.35. The van der Waals surface area contributed by atoms with Gasteiger partial charge in [-0.05, 0) is 49.4 Å². The maximum absolute atomic E-state index is 9.01. The Hall–Kier alpha value is -3.79. The second kappa shape index (κ2) is 9.24. The summed E-state index contributed by atoms with van der Waals surface area (Å²) in [7, 11) is 1.63. The number of hydrogen-bond donors (Lipinski definition) is 2. The van der Waals surface area contributed by atoms with Crippen LogP contribution in [0.4, 0.5) is 17.3 Å². The molecule has 3 rings (SSSR count). The number of anilines is 3. The van der Waals surface area contributed by atoms with E-state index in [9.17, 15) is 0 Å². The molecule has 1 aromatic heterocycles. The molecule has 0 bridgehead atoms. The number of methoxy groups -OCH3 is 1. The second-order valence-electron chi connectivity index (χ2n) is 5.95. The van der Waals surface area contributed by atoms with Crippen molar-refractivity contribution in [3.05, 3.63) is 66.0 Å². The minimum Gasteiger partial charge on any atom is -0.497 e. The number of aryl methyl sites for hydroxylation is 1. The van der Waals surface area contributed by atoms with E-state index in [0.29, 0.717) is 36.2 Å². The fraction of sp³-hybridized carbons (Fsp3) is 0.190. The SMILES string of the molecule is COc1ccc(OCCNc2cc(Nc3cccc(C#N)c3)nc(C)n2)cc1. The van der Waals surface area contributed by atoms with Crippen molar-refractivity contribution >= 4 is 17.3 Å². The number of aromatic nitrogens is 2. The smallest absolute Gasteiger partial charge is 0.136 e. The van der Waals surface area contributed by atoms with Gasteiger partial charge in [0.15, 0.2) is 0 Å². The largest absolute Gasteiger partial charge is 0.497 e. The van der Waals surface area contributed by atoms with Crippen molar-refractivity contribution in [2.75, 3.05) is 30.9 Å². The highest BCUT2D eigenvalue weighted by molar-refractivity contribution is 5.60. The highest BCUT2D eigenvalue weighted by atomic mass is 16.5. The van der Waals surface area contributed by atoms with Crippen molar-refractivity contribution in [1.82, 2.24) is 9.97 Å². The average molecular weight is 375 g/mol. The van der Waals surface area contributed by atoms with E-state index in [1.165, 1.54) is 0 Å². The second-order valence-corrected chi connectivity index (χ2v) is 5.95. The van der Waals surface area contributed by atoms with Gasteiger partial charge >= 0.3 is 0 Å². The van der Waals surface area contributed by atoms with Crippen molar-refractivity contribution < 1.29 is 9.47 Å². The Morgan fingerprint density at radius 2 is 1.75 bits per heavy atom. The molecule has 28 heavy (non-hydrogen) atoms. The monoisotopic (exact) mass is 375 g/mol. The number of nitriles is 1. The zero-order valence-electron chi connectivity index (χ0n) is 15.8. The van der Waals surface area contributed by atoms with Gasteiger partial charge in [0, 0.05) is 11.8 Å². The minimum absolute atomic E-state index is 0.488. The summed E-state index contributed by atoms with van der Waals surface area (Å²) >= 11 is 0. The summed E-state index contributed by atoms with van der Waals surface area (Å²) in [6.07, 6.45) is 0. The van der Waals surface area contributed by atoms with Gasteiger partial charge in [0.05, 0.1) is 25.3 Å². The Labute approximate surface area is 164 Å². The Morgan fingerprint density at radius 1 is 1.00 bits per heavy atom. The number of benzene rings is 2. The first-order valence-electron chi connectivity index (χ1n) is 8.80. The quantitative estimate of drug-likeness (QED) is 0.577. The third-order valence-corrected chi connectivity index (χ3v) is 3.84. The number of rotatable bonds is 8. The summed E-state index contributed by atoms with van der Waals surface area (Å²) in [6, 6.07) is 18.6. The van der Waals surface area contributed by atoms with Gasteiger partial charge in [-0.3, -0.25) is 0 Å². The first kappa shape index (κ1) is 19.0. The van der Waals surface area contributed by atoms with Crippen LogP contribution >= 0.6 is 0 Å². The van der Waals surface area contributed by atoms with Gasteiger partial charge in [0.1, 0.15) is 35.6 Å². The number of ether oxygens (including phenoxy) is 2. The Balaban J connectivity index is 1.56. The van der Waals surface area contributed by atoms with E-state index in [4.69, 9.17) is 14.7 Å². The number of nitrogens with one attached hydrogen (secondary N) is 2. The van der Waals surface area contributed by atoms with Crippen molar-refractivity contribution in [1.29, 1.82) is 5.26 Å². The zero-order chi connectivity index (χ0) is 19.8. The molecule has 7 nitrogen and oxygen atoms in total. The fourth-order valence-electron chi connectivity index (χ4n) is 2.56. The summed E-state index contributed by atoms with van der Waals surface area (Å²) in [5, 5.41) is 15.4. The van der Waals surface area contributed by atoms with Crippen molar-refractivity contribution in [2.45, 2.75) is 6.92 Å². The number of nitrogens with zero attached hydrogens (tertiary/aromatic N) is 3. The van der Waals surface area contributed by atoms with Crippen LogP contribution in [0, 0.1) is 18.3 Å². The molecule has 142 valence electrons. The molecule has 0 aliphatic carbocycles. The van der Waals surface area contributed by atoms with E-state index >= 15 is 0 Å². The molecule has 0 saturated carbocycles. The molecule has 0 atom stereocenters. The van der Waals surface area contributed by atoms with E-state index in [1.807, 2.05) is 49.4 Å². The van der Waals surface area contributed by atoms with Crippen LogP contribution < -0.4 is 20.1 Å². The maximum atomic E-state index is 9.01. The summed E-state index contributed by atoms with van der Waals surface area (Å²) in [5.41, 5.74) is 1.38. The predicted molar refractivity (Wildman–Crippen MR) is 108 cm³/mol. The molecule has 1 heterocycles.